The Hall–Kier alpha value is -1.12. The number of hydrogen-bond acceptors (Lipinski definition) is 2. The third-order valence-electron chi connectivity index (χ3n) is 2.89. The molecule has 2 unspecified atom stereocenters. The van der Waals surface area contributed by atoms with E-state index in [1.54, 1.807) is 6.07 Å². The minimum Gasteiger partial charge on any atom is -0.489 e. The number of pyridine rings is 1. The van der Waals surface area contributed by atoms with Crippen molar-refractivity contribution in [1.82, 2.24) is 4.98 Å². The molecule has 0 aliphatic heterocycles. The molecule has 2 rings (SSSR count). The summed E-state index contributed by atoms with van der Waals surface area (Å²) in [6.07, 6.45) is 6.44. The van der Waals surface area contributed by atoms with Crippen LogP contribution < -0.4 is 4.74 Å². The number of aromatic nitrogens is 1. The normalized spacial score (nSPS) is 26.3. The molecule has 1 aromatic rings. The highest BCUT2D eigenvalue weighted by molar-refractivity contribution is 5.16. The summed E-state index contributed by atoms with van der Waals surface area (Å²) in [5, 5.41) is 0. The molecule has 0 aromatic carbocycles. The van der Waals surface area contributed by atoms with E-state index in [0.29, 0.717) is 5.75 Å². The van der Waals surface area contributed by atoms with Crippen LogP contribution in [0.2, 0.25) is 0 Å². The molecule has 2 atom stereocenters. The van der Waals surface area contributed by atoms with E-state index in [-0.39, 0.29) is 6.10 Å². The van der Waals surface area contributed by atoms with Gasteiger partial charge in [-0.2, -0.15) is 4.39 Å². The Bertz CT molecular complexity index is 312. The lowest BCUT2D eigenvalue weighted by Crippen LogP contribution is -2.24. The predicted molar refractivity (Wildman–Crippen MR) is 56.2 cm³/mol. The summed E-state index contributed by atoms with van der Waals surface area (Å²) in [5.74, 6) is 0.951. The van der Waals surface area contributed by atoms with Crippen LogP contribution in [0.5, 0.6) is 5.75 Å². The van der Waals surface area contributed by atoms with E-state index in [2.05, 4.69) is 11.9 Å². The van der Waals surface area contributed by atoms with Gasteiger partial charge in [0.1, 0.15) is 5.75 Å². The second kappa shape index (κ2) is 4.60. The van der Waals surface area contributed by atoms with Gasteiger partial charge in [-0.25, -0.2) is 4.98 Å². The fourth-order valence-corrected chi connectivity index (χ4v) is 2.11. The molecular formula is C12H16FNO. The van der Waals surface area contributed by atoms with Gasteiger partial charge in [-0.15, -0.1) is 0 Å². The van der Waals surface area contributed by atoms with E-state index in [0.717, 1.165) is 18.8 Å². The van der Waals surface area contributed by atoms with Gasteiger partial charge in [0.05, 0.1) is 12.3 Å². The van der Waals surface area contributed by atoms with Crippen LogP contribution >= 0.6 is 0 Å². The Balaban J connectivity index is 1.93. The van der Waals surface area contributed by atoms with Gasteiger partial charge >= 0.3 is 0 Å². The molecule has 0 radical (unpaired) electrons. The minimum atomic E-state index is -0.459. The second-order valence-corrected chi connectivity index (χ2v) is 4.33. The second-order valence-electron chi connectivity index (χ2n) is 4.33. The van der Waals surface area contributed by atoms with Crippen molar-refractivity contribution in [2.75, 3.05) is 0 Å². The van der Waals surface area contributed by atoms with Crippen molar-refractivity contribution in [3.8, 4) is 5.75 Å². The number of ether oxygens (including phenoxy) is 1. The van der Waals surface area contributed by atoms with Crippen molar-refractivity contribution in [3.05, 3.63) is 24.3 Å². The van der Waals surface area contributed by atoms with Crippen molar-refractivity contribution in [2.24, 2.45) is 5.92 Å². The zero-order valence-electron chi connectivity index (χ0n) is 8.95. The molecule has 15 heavy (non-hydrogen) atoms. The Morgan fingerprint density at radius 2 is 2.27 bits per heavy atom. The highest BCUT2D eigenvalue weighted by Gasteiger charge is 2.20. The van der Waals surface area contributed by atoms with Crippen LogP contribution in [0.4, 0.5) is 4.39 Å². The quantitative estimate of drug-likeness (QED) is 0.698. The molecule has 0 saturated heterocycles. The Morgan fingerprint density at radius 1 is 1.40 bits per heavy atom. The fourth-order valence-electron chi connectivity index (χ4n) is 2.11. The molecular weight excluding hydrogens is 193 g/mol. The number of nitrogens with zero attached hydrogens (tertiary/aromatic N) is 1. The lowest BCUT2D eigenvalue weighted by molar-refractivity contribution is 0.128. The van der Waals surface area contributed by atoms with E-state index in [4.69, 9.17) is 4.74 Å². The molecule has 3 heteroatoms. The van der Waals surface area contributed by atoms with Crippen LogP contribution in [0.15, 0.2) is 18.3 Å². The van der Waals surface area contributed by atoms with E-state index in [9.17, 15) is 4.39 Å². The molecule has 1 aromatic heterocycles. The SMILES string of the molecule is CC1CCCC(Oc2ccc(F)nc2)C1. The van der Waals surface area contributed by atoms with Gasteiger partial charge in [-0.05, 0) is 37.3 Å². The zero-order chi connectivity index (χ0) is 10.7. The molecule has 1 saturated carbocycles. The summed E-state index contributed by atoms with van der Waals surface area (Å²) < 4.78 is 18.3. The van der Waals surface area contributed by atoms with E-state index >= 15 is 0 Å². The Morgan fingerprint density at radius 3 is 2.93 bits per heavy atom. The summed E-state index contributed by atoms with van der Waals surface area (Å²) in [6, 6.07) is 2.98. The van der Waals surface area contributed by atoms with Gasteiger partial charge in [0, 0.05) is 0 Å². The van der Waals surface area contributed by atoms with Crippen LogP contribution in [0.25, 0.3) is 0 Å². The first-order valence-corrected chi connectivity index (χ1v) is 5.52. The first-order chi connectivity index (χ1) is 7.24. The van der Waals surface area contributed by atoms with Crippen molar-refractivity contribution in [2.45, 2.75) is 38.7 Å². The maximum absolute atomic E-state index is 12.6. The van der Waals surface area contributed by atoms with Gasteiger partial charge in [0.15, 0.2) is 0 Å². The molecule has 1 aliphatic rings. The molecule has 1 heterocycles. The number of rotatable bonds is 2. The monoisotopic (exact) mass is 209 g/mol. The molecule has 82 valence electrons. The highest BCUT2D eigenvalue weighted by atomic mass is 19.1. The van der Waals surface area contributed by atoms with Crippen LogP contribution in [-0.4, -0.2) is 11.1 Å². The minimum absolute atomic E-state index is 0.279. The third kappa shape index (κ3) is 2.91. The highest BCUT2D eigenvalue weighted by Crippen LogP contribution is 2.26. The van der Waals surface area contributed by atoms with Crippen molar-refractivity contribution in [3.63, 3.8) is 0 Å². The van der Waals surface area contributed by atoms with Gasteiger partial charge in [-0.1, -0.05) is 13.3 Å². The van der Waals surface area contributed by atoms with Crippen LogP contribution in [0, 0.1) is 11.9 Å². The van der Waals surface area contributed by atoms with Crippen molar-refractivity contribution in [1.29, 1.82) is 0 Å². The van der Waals surface area contributed by atoms with E-state index in [1.807, 2.05) is 0 Å². The van der Waals surface area contributed by atoms with E-state index in [1.165, 1.54) is 25.1 Å². The predicted octanol–water partition coefficient (Wildman–Crippen LogP) is 3.18. The molecule has 1 aliphatic carbocycles. The lowest BCUT2D eigenvalue weighted by atomic mass is 9.89. The van der Waals surface area contributed by atoms with Gasteiger partial charge < -0.3 is 4.74 Å². The van der Waals surface area contributed by atoms with Gasteiger partial charge in [0.2, 0.25) is 5.95 Å². The first kappa shape index (κ1) is 10.4. The average Bonchev–Trinajstić information content (AvgIpc) is 2.22. The summed E-state index contributed by atoms with van der Waals surface area (Å²) in [7, 11) is 0. The topological polar surface area (TPSA) is 22.1 Å². The summed E-state index contributed by atoms with van der Waals surface area (Å²) >= 11 is 0. The Kier molecular flexibility index (Phi) is 3.19. The lowest BCUT2D eigenvalue weighted by Gasteiger charge is -2.27. The van der Waals surface area contributed by atoms with Crippen LogP contribution in [0.3, 0.4) is 0 Å². The average molecular weight is 209 g/mol. The number of halogens is 1. The molecule has 2 nitrogen and oxygen atoms in total. The van der Waals surface area contributed by atoms with Crippen molar-refractivity contribution < 1.29 is 9.13 Å². The first-order valence-electron chi connectivity index (χ1n) is 5.52. The molecule has 0 spiro atoms. The fraction of sp³-hybridized carbons (Fsp3) is 0.583. The van der Waals surface area contributed by atoms with E-state index < -0.39 is 5.95 Å². The van der Waals surface area contributed by atoms with Crippen molar-refractivity contribution >= 4 is 0 Å². The number of hydrogen-bond donors (Lipinski definition) is 0. The summed E-state index contributed by atoms with van der Waals surface area (Å²) in [5.41, 5.74) is 0. The maximum atomic E-state index is 12.6. The molecule has 0 amide bonds. The summed E-state index contributed by atoms with van der Waals surface area (Å²) in [6.45, 7) is 2.25. The zero-order valence-corrected chi connectivity index (χ0v) is 8.95. The maximum Gasteiger partial charge on any atom is 0.213 e. The molecule has 0 N–H and O–H groups in total. The Labute approximate surface area is 89.5 Å². The standard InChI is InChI=1S/C12H16FNO/c1-9-3-2-4-10(7-9)15-11-5-6-12(13)14-8-11/h5-6,8-10H,2-4,7H2,1H3. The van der Waals surface area contributed by atoms with Crippen LogP contribution in [0.1, 0.15) is 32.6 Å². The van der Waals surface area contributed by atoms with Gasteiger partial charge in [-0.3, -0.25) is 0 Å². The van der Waals surface area contributed by atoms with Crippen LogP contribution in [-0.2, 0) is 0 Å². The third-order valence-corrected chi connectivity index (χ3v) is 2.89. The molecule has 0 bridgehead atoms. The smallest absolute Gasteiger partial charge is 0.213 e. The molecule has 1 fully saturated rings. The largest absolute Gasteiger partial charge is 0.489 e. The summed E-state index contributed by atoms with van der Waals surface area (Å²) in [4.78, 5) is 3.57. The van der Waals surface area contributed by atoms with Gasteiger partial charge in [0.25, 0.3) is 0 Å².